The van der Waals surface area contributed by atoms with E-state index in [1.165, 1.54) is 29.6 Å². The van der Waals surface area contributed by atoms with Crippen molar-refractivity contribution in [1.29, 1.82) is 0 Å². The predicted octanol–water partition coefficient (Wildman–Crippen LogP) is 2.03. The first-order valence-electron chi connectivity index (χ1n) is 6.92. The van der Waals surface area contributed by atoms with Gasteiger partial charge in [0.05, 0.1) is 17.6 Å². The van der Waals surface area contributed by atoms with Gasteiger partial charge in [0.15, 0.2) is 0 Å². The number of hydrogen-bond acceptors (Lipinski definition) is 5. The van der Waals surface area contributed by atoms with Crippen LogP contribution in [0.1, 0.15) is 24.2 Å². The van der Waals surface area contributed by atoms with Gasteiger partial charge in [0.2, 0.25) is 10.0 Å². The first kappa shape index (κ1) is 20.4. The largest absolute Gasteiger partial charge is 0.465 e. The standard InChI is InChI=1S/C14H19BrN2O4S.ClH/c1-9-10(2)17(7-6-16-9)22(19,20)13-5-4-11(8-12(13)15)14(18)21-3;/h4-5,8-10,16H,6-7H2,1-3H3;1H. The zero-order valence-corrected chi connectivity index (χ0v) is 16.3. The fourth-order valence-electron chi connectivity index (χ4n) is 2.45. The van der Waals surface area contributed by atoms with Crippen LogP contribution < -0.4 is 5.32 Å². The Morgan fingerprint density at radius 2 is 2.04 bits per heavy atom. The number of rotatable bonds is 3. The van der Waals surface area contributed by atoms with Crippen LogP contribution in [0, 0.1) is 0 Å². The van der Waals surface area contributed by atoms with Crippen LogP contribution in [0.4, 0.5) is 0 Å². The van der Waals surface area contributed by atoms with Crippen molar-refractivity contribution >= 4 is 44.3 Å². The summed E-state index contributed by atoms with van der Waals surface area (Å²) < 4.78 is 32.2. The average Bonchev–Trinajstić information content (AvgIpc) is 2.48. The van der Waals surface area contributed by atoms with Crippen molar-refractivity contribution in [1.82, 2.24) is 9.62 Å². The van der Waals surface area contributed by atoms with Crippen molar-refractivity contribution in [2.75, 3.05) is 20.2 Å². The number of sulfonamides is 1. The van der Waals surface area contributed by atoms with Gasteiger partial charge in [-0.05, 0) is 48.0 Å². The van der Waals surface area contributed by atoms with Crippen LogP contribution in [-0.4, -0.2) is 51.0 Å². The summed E-state index contributed by atoms with van der Waals surface area (Å²) >= 11 is 3.25. The van der Waals surface area contributed by atoms with E-state index in [1.807, 2.05) is 13.8 Å². The Kier molecular flexibility index (Phi) is 7.03. The van der Waals surface area contributed by atoms with Crippen molar-refractivity contribution < 1.29 is 17.9 Å². The van der Waals surface area contributed by atoms with Crippen molar-refractivity contribution in [3.05, 3.63) is 28.2 Å². The number of esters is 1. The van der Waals surface area contributed by atoms with Gasteiger partial charge in [0, 0.05) is 29.6 Å². The highest BCUT2D eigenvalue weighted by Crippen LogP contribution is 2.28. The van der Waals surface area contributed by atoms with Gasteiger partial charge in [0.25, 0.3) is 0 Å². The number of piperazine rings is 1. The molecule has 130 valence electrons. The van der Waals surface area contributed by atoms with E-state index in [0.29, 0.717) is 23.1 Å². The van der Waals surface area contributed by atoms with E-state index in [0.717, 1.165) is 0 Å². The van der Waals surface area contributed by atoms with Crippen LogP contribution in [0.2, 0.25) is 0 Å². The molecule has 1 saturated heterocycles. The molecule has 1 heterocycles. The monoisotopic (exact) mass is 426 g/mol. The minimum atomic E-state index is -3.63. The van der Waals surface area contributed by atoms with Crippen molar-refractivity contribution in [2.24, 2.45) is 0 Å². The zero-order valence-electron chi connectivity index (χ0n) is 13.1. The Morgan fingerprint density at radius 1 is 1.39 bits per heavy atom. The number of benzene rings is 1. The topological polar surface area (TPSA) is 75.7 Å². The van der Waals surface area contributed by atoms with E-state index < -0.39 is 16.0 Å². The Morgan fingerprint density at radius 3 is 2.61 bits per heavy atom. The molecule has 9 heteroatoms. The minimum Gasteiger partial charge on any atom is -0.465 e. The van der Waals surface area contributed by atoms with Crippen LogP contribution in [0.25, 0.3) is 0 Å². The van der Waals surface area contributed by atoms with E-state index >= 15 is 0 Å². The number of halogens is 2. The molecule has 0 aliphatic carbocycles. The van der Waals surface area contributed by atoms with Crippen LogP contribution >= 0.6 is 28.3 Å². The summed E-state index contributed by atoms with van der Waals surface area (Å²) in [5.41, 5.74) is 0.301. The smallest absolute Gasteiger partial charge is 0.337 e. The third-order valence-corrected chi connectivity index (χ3v) is 6.88. The van der Waals surface area contributed by atoms with Crippen molar-refractivity contribution in [3.63, 3.8) is 0 Å². The fraction of sp³-hybridized carbons (Fsp3) is 0.500. The Balaban J connectivity index is 0.00000264. The maximum Gasteiger partial charge on any atom is 0.337 e. The lowest BCUT2D eigenvalue weighted by Crippen LogP contribution is -2.57. The highest BCUT2D eigenvalue weighted by atomic mass is 79.9. The number of carbonyl (C=O) groups excluding carboxylic acids is 1. The average molecular weight is 428 g/mol. The van der Waals surface area contributed by atoms with Crippen LogP contribution in [0.3, 0.4) is 0 Å². The SMILES string of the molecule is COC(=O)c1ccc(S(=O)(=O)N2CCNC(C)C2C)c(Br)c1.Cl. The molecule has 2 rings (SSSR count). The molecule has 0 amide bonds. The van der Waals surface area contributed by atoms with Crippen LogP contribution in [-0.2, 0) is 14.8 Å². The number of methoxy groups -OCH3 is 1. The minimum absolute atomic E-state index is 0. The summed E-state index contributed by atoms with van der Waals surface area (Å²) in [7, 11) is -2.35. The van der Waals surface area contributed by atoms with Crippen LogP contribution in [0.15, 0.2) is 27.6 Å². The molecular formula is C14H20BrClN2O4S. The quantitative estimate of drug-likeness (QED) is 0.747. The lowest BCUT2D eigenvalue weighted by atomic mass is 10.1. The van der Waals surface area contributed by atoms with Gasteiger partial charge in [-0.15, -0.1) is 12.4 Å². The molecule has 0 saturated carbocycles. The van der Waals surface area contributed by atoms with Gasteiger partial charge in [-0.3, -0.25) is 0 Å². The Bertz CT molecular complexity index is 683. The number of carbonyl (C=O) groups is 1. The lowest BCUT2D eigenvalue weighted by molar-refractivity contribution is 0.0600. The molecule has 6 nitrogen and oxygen atoms in total. The molecule has 1 aromatic rings. The highest BCUT2D eigenvalue weighted by Gasteiger charge is 2.35. The first-order valence-corrected chi connectivity index (χ1v) is 9.15. The third-order valence-electron chi connectivity index (χ3n) is 3.92. The molecule has 0 aromatic heterocycles. The summed E-state index contributed by atoms with van der Waals surface area (Å²) in [5, 5.41) is 3.25. The highest BCUT2D eigenvalue weighted by molar-refractivity contribution is 9.10. The second-order valence-electron chi connectivity index (χ2n) is 5.24. The van der Waals surface area contributed by atoms with E-state index in [1.54, 1.807) is 0 Å². The van der Waals surface area contributed by atoms with E-state index in [4.69, 9.17) is 0 Å². The van der Waals surface area contributed by atoms with Gasteiger partial charge in [-0.1, -0.05) is 0 Å². The molecule has 1 aliphatic heterocycles. The van der Waals surface area contributed by atoms with Gasteiger partial charge in [-0.2, -0.15) is 4.31 Å². The molecule has 23 heavy (non-hydrogen) atoms. The van der Waals surface area contributed by atoms with E-state index in [2.05, 4.69) is 26.0 Å². The molecule has 0 bridgehead atoms. The van der Waals surface area contributed by atoms with E-state index in [9.17, 15) is 13.2 Å². The van der Waals surface area contributed by atoms with Crippen molar-refractivity contribution in [3.8, 4) is 0 Å². The summed E-state index contributed by atoms with van der Waals surface area (Å²) in [5.74, 6) is -0.506. The second-order valence-corrected chi connectivity index (χ2v) is 7.95. The normalized spacial score (nSPS) is 22.3. The molecule has 1 aliphatic rings. The van der Waals surface area contributed by atoms with E-state index in [-0.39, 0.29) is 29.4 Å². The molecule has 1 aromatic carbocycles. The summed E-state index contributed by atoms with van der Waals surface area (Å²) in [6.45, 7) is 4.87. The molecule has 2 atom stereocenters. The molecule has 1 N–H and O–H groups in total. The zero-order chi connectivity index (χ0) is 16.5. The molecule has 2 unspecified atom stereocenters. The fourth-order valence-corrected chi connectivity index (χ4v) is 5.19. The Labute approximate surface area is 151 Å². The predicted molar refractivity (Wildman–Crippen MR) is 93.5 cm³/mol. The lowest BCUT2D eigenvalue weighted by Gasteiger charge is -2.37. The number of ether oxygens (including phenoxy) is 1. The molecule has 1 fully saturated rings. The summed E-state index contributed by atoms with van der Waals surface area (Å²) in [4.78, 5) is 11.7. The molecular weight excluding hydrogens is 408 g/mol. The van der Waals surface area contributed by atoms with Gasteiger partial charge >= 0.3 is 5.97 Å². The maximum atomic E-state index is 12.9. The molecule has 0 spiro atoms. The third kappa shape index (κ3) is 4.06. The number of hydrogen-bond donors (Lipinski definition) is 1. The molecule has 0 radical (unpaired) electrons. The van der Waals surface area contributed by atoms with Gasteiger partial charge < -0.3 is 10.1 Å². The van der Waals surface area contributed by atoms with Crippen molar-refractivity contribution in [2.45, 2.75) is 30.8 Å². The Hall–Kier alpha value is -0.670. The van der Waals surface area contributed by atoms with Crippen LogP contribution in [0.5, 0.6) is 0 Å². The number of nitrogens with one attached hydrogen (secondary N) is 1. The summed E-state index contributed by atoms with van der Waals surface area (Å²) in [6.07, 6.45) is 0. The second kappa shape index (κ2) is 7.94. The summed E-state index contributed by atoms with van der Waals surface area (Å²) in [6, 6.07) is 4.29. The maximum absolute atomic E-state index is 12.9. The van der Waals surface area contributed by atoms with Gasteiger partial charge in [0.1, 0.15) is 0 Å². The van der Waals surface area contributed by atoms with Gasteiger partial charge in [-0.25, -0.2) is 13.2 Å². The number of nitrogens with zero attached hydrogens (tertiary/aromatic N) is 1. The first-order chi connectivity index (χ1) is 10.3.